The van der Waals surface area contributed by atoms with Gasteiger partial charge in [-0.2, -0.15) is 0 Å². The van der Waals surface area contributed by atoms with Gasteiger partial charge in [-0.1, -0.05) is 12.1 Å². The lowest BCUT2D eigenvalue weighted by molar-refractivity contribution is -0.124. The highest BCUT2D eigenvalue weighted by Gasteiger charge is 2.16. The minimum Gasteiger partial charge on any atom is -0.490 e. The minimum atomic E-state index is -0.295. The molecule has 0 fully saturated rings. The molecule has 2 aromatic carbocycles. The molecule has 0 atom stereocenters. The second kappa shape index (κ2) is 9.71. The van der Waals surface area contributed by atoms with Crippen molar-refractivity contribution in [2.45, 2.75) is 46.3 Å². The summed E-state index contributed by atoms with van der Waals surface area (Å²) in [7, 11) is 0. The quantitative estimate of drug-likeness (QED) is 0.655. The van der Waals surface area contributed by atoms with E-state index in [1.54, 1.807) is 0 Å². The Hall–Kier alpha value is -2.93. The molecule has 2 aromatic rings. The molecule has 1 aliphatic rings. The van der Waals surface area contributed by atoms with E-state index in [1.807, 2.05) is 64.1 Å². The molecule has 2 N–H and O–H groups in total. The fraction of sp³-hybridized carbons (Fsp3) is 0.435. The molecule has 0 unspecified atom stereocenters. The Bertz CT molecular complexity index is 876. The van der Waals surface area contributed by atoms with Gasteiger partial charge in [-0.05, 0) is 63.1 Å². The summed E-state index contributed by atoms with van der Waals surface area (Å²) in [5, 5.41) is 6.30. The number of hydrogen-bond acceptors (Lipinski definition) is 6. The number of fused-ring (bicyclic) bond motifs is 1. The van der Waals surface area contributed by atoms with Gasteiger partial charge in [0.15, 0.2) is 29.6 Å². The van der Waals surface area contributed by atoms with E-state index in [0.29, 0.717) is 31.2 Å². The molecule has 30 heavy (non-hydrogen) atoms. The van der Waals surface area contributed by atoms with Crippen LogP contribution >= 0.6 is 0 Å². The van der Waals surface area contributed by atoms with Crippen molar-refractivity contribution in [2.75, 3.05) is 20.0 Å². The molecule has 162 valence electrons. The Morgan fingerprint density at radius 2 is 1.67 bits per heavy atom. The maximum atomic E-state index is 12.0. The zero-order valence-corrected chi connectivity index (χ0v) is 18.0. The molecule has 0 saturated heterocycles. The predicted molar refractivity (Wildman–Crippen MR) is 114 cm³/mol. The van der Waals surface area contributed by atoms with Gasteiger partial charge in [-0.25, -0.2) is 0 Å². The Balaban J connectivity index is 1.55. The van der Waals surface area contributed by atoms with E-state index in [0.717, 1.165) is 22.6 Å². The number of rotatable bonds is 9. The van der Waals surface area contributed by atoms with Crippen LogP contribution in [0.4, 0.5) is 0 Å². The van der Waals surface area contributed by atoms with Crippen LogP contribution in [0.5, 0.6) is 23.0 Å². The van der Waals surface area contributed by atoms with Crippen molar-refractivity contribution >= 4 is 5.91 Å². The predicted octanol–water partition coefficient (Wildman–Crippen LogP) is 3.40. The van der Waals surface area contributed by atoms with E-state index < -0.39 is 0 Å². The molecule has 0 radical (unpaired) electrons. The molecule has 1 heterocycles. The molecule has 0 spiro atoms. The van der Waals surface area contributed by atoms with Gasteiger partial charge in [0.25, 0.3) is 5.91 Å². The highest BCUT2D eigenvalue weighted by Crippen LogP contribution is 2.32. The van der Waals surface area contributed by atoms with Crippen LogP contribution in [-0.2, 0) is 17.9 Å². The van der Waals surface area contributed by atoms with E-state index in [-0.39, 0.29) is 24.8 Å². The van der Waals surface area contributed by atoms with Crippen molar-refractivity contribution in [1.82, 2.24) is 10.6 Å². The third-order valence-corrected chi connectivity index (χ3v) is 4.28. The summed E-state index contributed by atoms with van der Waals surface area (Å²) in [6, 6.07) is 11.7. The number of ether oxygens (including phenoxy) is 4. The fourth-order valence-corrected chi connectivity index (χ4v) is 3.05. The molecule has 0 saturated carbocycles. The summed E-state index contributed by atoms with van der Waals surface area (Å²) in [6.45, 7) is 9.81. The maximum absolute atomic E-state index is 12.0. The standard InChI is InChI=1S/C23H30N2O5/c1-5-27-20-10-16(6-8-18(20)28-14-22(26)25-23(2,3)4)12-24-13-17-7-9-19-21(11-17)30-15-29-19/h6-11,24H,5,12-15H2,1-4H3,(H,25,26). The van der Waals surface area contributed by atoms with Crippen LogP contribution in [0.2, 0.25) is 0 Å². The van der Waals surface area contributed by atoms with Gasteiger partial charge >= 0.3 is 0 Å². The third kappa shape index (κ3) is 6.29. The summed E-state index contributed by atoms with van der Waals surface area (Å²) in [5.41, 5.74) is 1.89. The Labute approximate surface area is 177 Å². The lowest BCUT2D eigenvalue weighted by Gasteiger charge is -2.21. The van der Waals surface area contributed by atoms with Gasteiger partial charge in [0.1, 0.15) is 0 Å². The van der Waals surface area contributed by atoms with Crippen LogP contribution < -0.4 is 29.6 Å². The summed E-state index contributed by atoms with van der Waals surface area (Å²) in [6.07, 6.45) is 0. The van der Waals surface area contributed by atoms with E-state index >= 15 is 0 Å². The number of carbonyl (C=O) groups excluding carboxylic acids is 1. The Kier molecular flexibility index (Phi) is 7.05. The zero-order valence-electron chi connectivity index (χ0n) is 18.0. The number of nitrogens with one attached hydrogen (secondary N) is 2. The number of hydrogen-bond donors (Lipinski definition) is 2. The molecule has 0 aromatic heterocycles. The molecule has 7 heteroatoms. The lowest BCUT2D eigenvalue weighted by Crippen LogP contribution is -2.43. The van der Waals surface area contributed by atoms with Crippen LogP contribution in [0.15, 0.2) is 36.4 Å². The third-order valence-electron chi connectivity index (χ3n) is 4.28. The summed E-state index contributed by atoms with van der Waals surface area (Å²) in [4.78, 5) is 12.0. The van der Waals surface area contributed by atoms with Crippen LogP contribution in [0.3, 0.4) is 0 Å². The van der Waals surface area contributed by atoms with Gasteiger partial charge < -0.3 is 29.6 Å². The first kappa shape index (κ1) is 21.8. The minimum absolute atomic E-state index is 0.0565. The molecule has 3 rings (SSSR count). The van der Waals surface area contributed by atoms with E-state index in [1.165, 1.54) is 0 Å². The van der Waals surface area contributed by atoms with Crippen molar-refractivity contribution < 1.29 is 23.7 Å². The smallest absolute Gasteiger partial charge is 0.258 e. The second-order valence-electron chi connectivity index (χ2n) is 8.09. The summed E-state index contributed by atoms with van der Waals surface area (Å²) in [5.74, 6) is 2.58. The molecule has 0 aliphatic carbocycles. The first-order chi connectivity index (χ1) is 14.3. The van der Waals surface area contributed by atoms with Crippen molar-refractivity contribution in [1.29, 1.82) is 0 Å². The van der Waals surface area contributed by atoms with E-state index in [9.17, 15) is 4.79 Å². The van der Waals surface area contributed by atoms with Gasteiger partial charge in [0.2, 0.25) is 6.79 Å². The van der Waals surface area contributed by atoms with Gasteiger partial charge in [-0.3, -0.25) is 4.79 Å². The summed E-state index contributed by atoms with van der Waals surface area (Å²) < 4.78 is 22.2. The van der Waals surface area contributed by atoms with Crippen molar-refractivity contribution in [3.8, 4) is 23.0 Å². The maximum Gasteiger partial charge on any atom is 0.258 e. The van der Waals surface area contributed by atoms with Gasteiger partial charge in [0.05, 0.1) is 6.61 Å². The monoisotopic (exact) mass is 414 g/mol. The number of benzene rings is 2. The molecule has 1 amide bonds. The van der Waals surface area contributed by atoms with Crippen LogP contribution in [0.1, 0.15) is 38.8 Å². The molecular weight excluding hydrogens is 384 g/mol. The highest BCUT2D eigenvalue weighted by atomic mass is 16.7. The van der Waals surface area contributed by atoms with Crippen molar-refractivity contribution in [2.24, 2.45) is 0 Å². The van der Waals surface area contributed by atoms with Crippen molar-refractivity contribution in [3.63, 3.8) is 0 Å². The van der Waals surface area contributed by atoms with E-state index in [2.05, 4.69) is 10.6 Å². The fourth-order valence-electron chi connectivity index (χ4n) is 3.05. The summed E-state index contributed by atoms with van der Waals surface area (Å²) >= 11 is 0. The van der Waals surface area contributed by atoms with Crippen molar-refractivity contribution in [3.05, 3.63) is 47.5 Å². The number of amides is 1. The first-order valence-electron chi connectivity index (χ1n) is 10.1. The van der Waals surface area contributed by atoms with Gasteiger partial charge in [-0.15, -0.1) is 0 Å². The molecule has 7 nitrogen and oxygen atoms in total. The van der Waals surface area contributed by atoms with Crippen LogP contribution in [-0.4, -0.2) is 31.5 Å². The molecule has 0 bridgehead atoms. The van der Waals surface area contributed by atoms with E-state index in [4.69, 9.17) is 18.9 Å². The second-order valence-corrected chi connectivity index (χ2v) is 8.09. The average Bonchev–Trinajstić information content (AvgIpc) is 3.14. The number of carbonyl (C=O) groups is 1. The highest BCUT2D eigenvalue weighted by molar-refractivity contribution is 5.78. The van der Waals surface area contributed by atoms with Crippen LogP contribution in [0.25, 0.3) is 0 Å². The Morgan fingerprint density at radius 1 is 0.967 bits per heavy atom. The SMILES string of the molecule is CCOc1cc(CNCc2ccc3c(c2)OCO3)ccc1OCC(=O)NC(C)(C)C. The average molecular weight is 415 g/mol. The van der Waals surface area contributed by atoms with Crippen LogP contribution in [0, 0.1) is 0 Å². The van der Waals surface area contributed by atoms with Gasteiger partial charge in [0, 0.05) is 18.6 Å². The zero-order chi connectivity index (χ0) is 21.6. The molecule has 1 aliphatic heterocycles. The topological polar surface area (TPSA) is 78.1 Å². The Morgan fingerprint density at radius 3 is 2.40 bits per heavy atom. The normalized spacial score (nSPS) is 12.5. The largest absolute Gasteiger partial charge is 0.490 e. The lowest BCUT2D eigenvalue weighted by atomic mass is 10.1. The molecular formula is C23H30N2O5. The first-order valence-corrected chi connectivity index (χ1v) is 10.1.